The Morgan fingerprint density at radius 1 is 1.36 bits per heavy atom. The fourth-order valence-electron chi connectivity index (χ4n) is 0.672. The normalized spacial score (nSPS) is 14.0. The van der Waals surface area contributed by atoms with Crippen molar-refractivity contribution in [3.63, 3.8) is 0 Å². The van der Waals surface area contributed by atoms with Gasteiger partial charge in [0.05, 0.1) is 0 Å². The molecule has 0 aliphatic carbocycles. The van der Waals surface area contributed by atoms with Gasteiger partial charge in [-0.05, 0) is 6.08 Å². The van der Waals surface area contributed by atoms with Crippen molar-refractivity contribution in [3.05, 3.63) is 12.7 Å². The van der Waals surface area contributed by atoms with Crippen molar-refractivity contribution < 1.29 is 0 Å². The van der Waals surface area contributed by atoms with Crippen molar-refractivity contribution in [2.45, 2.75) is 20.8 Å². The predicted octanol–water partition coefficient (Wildman–Crippen LogP) is 2.32. The van der Waals surface area contributed by atoms with Gasteiger partial charge in [0, 0.05) is 18.2 Å². The molecule has 0 saturated heterocycles. The summed E-state index contributed by atoms with van der Waals surface area (Å²) in [5.41, 5.74) is 1.02. The lowest BCUT2D eigenvalue weighted by molar-refractivity contribution is 0.595. The Balaban J connectivity index is 4.53. The van der Waals surface area contributed by atoms with E-state index in [0.29, 0.717) is 0 Å². The molecule has 2 heteroatoms. The van der Waals surface area contributed by atoms with Gasteiger partial charge in [-0.1, -0.05) is 27.4 Å². The van der Waals surface area contributed by atoms with Crippen LogP contribution in [0.25, 0.3) is 0 Å². The van der Waals surface area contributed by atoms with E-state index in [-0.39, 0.29) is 5.41 Å². The molecule has 0 saturated carbocycles. The largest absolute Gasteiger partial charge is 0.277 e. The first-order valence-corrected chi connectivity index (χ1v) is 3.63. The molecule has 0 fully saturated rings. The molecular weight excluding hydrogens is 136 g/mol. The molecule has 0 bridgehead atoms. The summed E-state index contributed by atoms with van der Waals surface area (Å²) in [5, 5.41) is 0. The van der Waals surface area contributed by atoms with Gasteiger partial charge in [0.15, 0.2) is 0 Å². The van der Waals surface area contributed by atoms with Gasteiger partial charge in [-0.15, -0.1) is 0 Å². The van der Waals surface area contributed by atoms with Crippen LogP contribution in [0, 0.1) is 5.41 Å². The fourth-order valence-corrected chi connectivity index (χ4v) is 0.672. The summed E-state index contributed by atoms with van der Waals surface area (Å²) in [6.07, 6.45) is 3.31. The number of aliphatic imine (C=N–C) groups is 2. The highest BCUT2D eigenvalue weighted by molar-refractivity contribution is 6.02. The van der Waals surface area contributed by atoms with E-state index in [2.05, 4.69) is 37.3 Å². The van der Waals surface area contributed by atoms with Crippen LogP contribution in [0.15, 0.2) is 22.6 Å². The molecule has 0 aliphatic heterocycles. The molecule has 0 aromatic carbocycles. The minimum absolute atomic E-state index is 0.0585. The molecule has 0 radical (unpaired) electrons. The Labute approximate surface area is 68.8 Å². The molecule has 62 valence electrons. The monoisotopic (exact) mass is 152 g/mol. The summed E-state index contributed by atoms with van der Waals surface area (Å²) in [7, 11) is 1.70. The lowest BCUT2D eigenvalue weighted by Crippen LogP contribution is -2.17. The average Bonchev–Trinajstić information content (AvgIpc) is 1.87. The average molecular weight is 152 g/mol. The van der Waals surface area contributed by atoms with Crippen molar-refractivity contribution in [1.82, 2.24) is 0 Å². The molecule has 2 nitrogen and oxygen atoms in total. The Bertz CT molecular complexity index is 182. The van der Waals surface area contributed by atoms with Gasteiger partial charge < -0.3 is 0 Å². The Morgan fingerprint density at radius 3 is 2.18 bits per heavy atom. The third-order valence-electron chi connectivity index (χ3n) is 1.27. The quantitative estimate of drug-likeness (QED) is 0.428. The summed E-state index contributed by atoms with van der Waals surface area (Å²) in [4.78, 5) is 7.92. The van der Waals surface area contributed by atoms with E-state index in [1.807, 2.05) is 0 Å². The molecule has 0 aromatic heterocycles. The van der Waals surface area contributed by atoms with E-state index in [1.165, 1.54) is 0 Å². The van der Waals surface area contributed by atoms with Gasteiger partial charge >= 0.3 is 0 Å². The van der Waals surface area contributed by atoms with E-state index in [9.17, 15) is 0 Å². The van der Waals surface area contributed by atoms with Crippen molar-refractivity contribution in [2.24, 2.45) is 15.4 Å². The van der Waals surface area contributed by atoms with E-state index >= 15 is 0 Å². The molecule has 0 amide bonds. The molecule has 0 unspecified atom stereocenters. The van der Waals surface area contributed by atoms with Crippen LogP contribution in [0.2, 0.25) is 0 Å². The maximum Gasteiger partial charge on any atom is 0.109 e. The van der Waals surface area contributed by atoms with Gasteiger partial charge in [0.2, 0.25) is 0 Å². The van der Waals surface area contributed by atoms with Crippen LogP contribution in [0.3, 0.4) is 0 Å². The highest BCUT2D eigenvalue weighted by atomic mass is 14.8. The Hall–Kier alpha value is -0.920. The lowest BCUT2D eigenvalue weighted by atomic mass is 9.90. The zero-order valence-electron chi connectivity index (χ0n) is 7.76. The minimum atomic E-state index is 0.0585. The van der Waals surface area contributed by atoms with Gasteiger partial charge in [0.25, 0.3) is 0 Å². The fraction of sp³-hybridized carbons (Fsp3) is 0.556. The molecule has 0 aromatic rings. The highest BCUT2D eigenvalue weighted by Gasteiger charge is 2.14. The first-order chi connectivity index (χ1) is 5.02. The topological polar surface area (TPSA) is 24.7 Å². The van der Waals surface area contributed by atoms with E-state index in [0.717, 1.165) is 5.71 Å². The maximum atomic E-state index is 4.14. The summed E-state index contributed by atoms with van der Waals surface area (Å²) in [5.74, 6) is 0. The predicted molar refractivity (Wildman–Crippen MR) is 51.5 cm³/mol. The second-order valence-electron chi connectivity index (χ2n) is 3.34. The minimum Gasteiger partial charge on any atom is -0.277 e. The van der Waals surface area contributed by atoms with Gasteiger partial charge in [0.1, 0.15) is 6.34 Å². The summed E-state index contributed by atoms with van der Waals surface area (Å²) >= 11 is 0. The first kappa shape index (κ1) is 10.1. The van der Waals surface area contributed by atoms with E-state index < -0.39 is 0 Å². The highest BCUT2D eigenvalue weighted by Crippen LogP contribution is 2.16. The summed E-state index contributed by atoms with van der Waals surface area (Å²) in [6.45, 7) is 9.97. The summed E-state index contributed by atoms with van der Waals surface area (Å²) in [6, 6.07) is 0. The molecule has 0 heterocycles. The van der Waals surface area contributed by atoms with Crippen LogP contribution >= 0.6 is 0 Å². The van der Waals surface area contributed by atoms with Crippen LogP contribution in [0.5, 0.6) is 0 Å². The van der Waals surface area contributed by atoms with Crippen molar-refractivity contribution >= 4 is 12.1 Å². The van der Waals surface area contributed by atoms with Crippen molar-refractivity contribution in [2.75, 3.05) is 7.05 Å². The smallest absolute Gasteiger partial charge is 0.109 e. The van der Waals surface area contributed by atoms with Gasteiger partial charge in [-0.2, -0.15) is 0 Å². The number of rotatable bonds is 2. The number of allylic oxidation sites excluding steroid dienone is 1. The molecular formula is C9H16N2. The van der Waals surface area contributed by atoms with E-state index in [1.54, 1.807) is 19.5 Å². The third kappa shape index (κ3) is 3.71. The lowest BCUT2D eigenvalue weighted by Gasteiger charge is -2.17. The molecule has 0 rings (SSSR count). The van der Waals surface area contributed by atoms with Crippen molar-refractivity contribution in [3.8, 4) is 0 Å². The number of hydrogen-bond donors (Lipinski definition) is 0. The molecule has 0 N–H and O–H groups in total. The van der Waals surface area contributed by atoms with Crippen LogP contribution in [0.4, 0.5) is 0 Å². The second kappa shape index (κ2) is 4.06. The van der Waals surface area contributed by atoms with Crippen LogP contribution in [-0.4, -0.2) is 19.1 Å². The maximum absolute atomic E-state index is 4.14. The molecule has 11 heavy (non-hydrogen) atoms. The van der Waals surface area contributed by atoms with Crippen LogP contribution in [0.1, 0.15) is 20.8 Å². The van der Waals surface area contributed by atoms with Gasteiger partial charge in [-0.3, -0.25) is 4.99 Å². The third-order valence-corrected chi connectivity index (χ3v) is 1.27. The molecule has 0 aliphatic rings. The Kier molecular flexibility index (Phi) is 3.72. The number of nitrogens with zero attached hydrogens (tertiary/aromatic N) is 2. The standard InChI is InChI=1S/C9H16N2/c1-6-8(9(2,3)4)11-7-10-5/h6-7H,1H2,2-5H3/b10-7-,11-8+. The number of hydrogen-bond acceptors (Lipinski definition) is 1. The first-order valence-electron chi connectivity index (χ1n) is 3.63. The SMILES string of the molecule is C=C/C(=N\C=N/C)C(C)(C)C. The zero-order chi connectivity index (χ0) is 8.91. The van der Waals surface area contributed by atoms with Gasteiger partial charge in [-0.25, -0.2) is 4.99 Å². The second-order valence-corrected chi connectivity index (χ2v) is 3.34. The summed E-state index contributed by atoms with van der Waals surface area (Å²) < 4.78 is 0. The van der Waals surface area contributed by atoms with Crippen LogP contribution in [-0.2, 0) is 0 Å². The Morgan fingerprint density at radius 2 is 1.91 bits per heavy atom. The molecule has 0 spiro atoms. The van der Waals surface area contributed by atoms with E-state index in [4.69, 9.17) is 0 Å². The molecule has 0 atom stereocenters. The zero-order valence-corrected chi connectivity index (χ0v) is 7.76. The van der Waals surface area contributed by atoms with Crippen LogP contribution < -0.4 is 0 Å². The van der Waals surface area contributed by atoms with Crippen molar-refractivity contribution in [1.29, 1.82) is 0 Å².